The summed E-state index contributed by atoms with van der Waals surface area (Å²) in [5.74, 6) is -0.135. The first kappa shape index (κ1) is 14.4. The van der Waals surface area contributed by atoms with E-state index in [1.54, 1.807) is 35.1 Å². The van der Waals surface area contributed by atoms with Gasteiger partial charge in [0.1, 0.15) is 0 Å². The maximum Gasteiger partial charge on any atom is 0.251 e. The molecule has 1 aromatic heterocycles. The van der Waals surface area contributed by atoms with Crippen molar-refractivity contribution in [3.05, 3.63) is 83.1 Å². The van der Waals surface area contributed by atoms with Crippen molar-refractivity contribution in [2.24, 2.45) is 0 Å². The van der Waals surface area contributed by atoms with Gasteiger partial charge >= 0.3 is 0 Å². The number of nitrogens with one attached hydrogen (secondary N) is 1. The Morgan fingerprint density at radius 3 is 2.55 bits per heavy atom. The highest BCUT2D eigenvalue weighted by atomic mass is 35.5. The van der Waals surface area contributed by atoms with Gasteiger partial charge in [0.05, 0.1) is 11.9 Å². The quantitative estimate of drug-likeness (QED) is 0.802. The van der Waals surface area contributed by atoms with E-state index in [2.05, 4.69) is 10.4 Å². The van der Waals surface area contributed by atoms with Crippen LogP contribution in [0.4, 0.5) is 0 Å². The number of nitrogens with zero attached hydrogens (tertiary/aromatic N) is 2. The first-order valence-corrected chi connectivity index (χ1v) is 7.23. The average Bonchev–Trinajstić information content (AvgIpc) is 3.03. The molecule has 110 valence electrons. The number of carbonyl (C=O) groups excluding carboxylic acids is 1. The van der Waals surface area contributed by atoms with Crippen LogP contribution in [0.15, 0.2) is 67.0 Å². The van der Waals surface area contributed by atoms with E-state index in [1.807, 2.05) is 36.5 Å². The van der Waals surface area contributed by atoms with Crippen molar-refractivity contribution in [1.82, 2.24) is 15.1 Å². The zero-order valence-corrected chi connectivity index (χ0v) is 12.5. The molecule has 0 aliphatic carbocycles. The van der Waals surface area contributed by atoms with Crippen LogP contribution in [0.1, 0.15) is 15.9 Å². The van der Waals surface area contributed by atoms with Crippen molar-refractivity contribution >= 4 is 17.5 Å². The number of halogens is 1. The van der Waals surface area contributed by atoms with Gasteiger partial charge in [-0.15, -0.1) is 0 Å². The Kier molecular flexibility index (Phi) is 4.21. The van der Waals surface area contributed by atoms with Crippen molar-refractivity contribution < 1.29 is 4.79 Å². The van der Waals surface area contributed by atoms with E-state index >= 15 is 0 Å². The molecule has 0 aliphatic heterocycles. The molecule has 1 heterocycles. The number of aromatic nitrogens is 2. The monoisotopic (exact) mass is 311 g/mol. The highest BCUT2D eigenvalue weighted by Crippen LogP contribution is 2.10. The number of carbonyl (C=O) groups is 1. The Hall–Kier alpha value is -2.59. The Morgan fingerprint density at radius 1 is 1.09 bits per heavy atom. The summed E-state index contributed by atoms with van der Waals surface area (Å²) in [6.07, 6.45) is 3.65. The summed E-state index contributed by atoms with van der Waals surface area (Å²) < 4.78 is 1.78. The molecule has 0 unspecified atom stereocenters. The van der Waals surface area contributed by atoms with Crippen molar-refractivity contribution in [3.8, 4) is 5.69 Å². The second kappa shape index (κ2) is 6.45. The number of hydrogen-bond acceptors (Lipinski definition) is 2. The van der Waals surface area contributed by atoms with E-state index in [0.717, 1.165) is 11.3 Å². The Bertz CT molecular complexity index is 766. The SMILES string of the molecule is O=C(NCc1cnn(-c2ccccc2)c1)c1ccc(Cl)cc1. The topological polar surface area (TPSA) is 46.9 Å². The minimum absolute atomic E-state index is 0.135. The summed E-state index contributed by atoms with van der Waals surface area (Å²) in [6, 6.07) is 16.6. The van der Waals surface area contributed by atoms with Gasteiger partial charge in [0.15, 0.2) is 0 Å². The summed E-state index contributed by atoms with van der Waals surface area (Å²) in [5.41, 5.74) is 2.50. The molecule has 3 rings (SSSR count). The van der Waals surface area contributed by atoms with Crippen LogP contribution in [0.2, 0.25) is 5.02 Å². The maximum absolute atomic E-state index is 12.0. The lowest BCUT2D eigenvalue weighted by Gasteiger charge is -2.03. The summed E-state index contributed by atoms with van der Waals surface area (Å²) in [7, 11) is 0. The third-order valence-electron chi connectivity index (χ3n) is 3.22. The Morgan fingerprint density at radius 2 is 1.82 bits per heavy atom. The predicted octanol–water partition coefficient (Wildman–Crippen LogP) is 3.46. The Labute approximate surface area is 133 Å². The summed E-state index contributed by atoms with van der Waals surface area (Å²) in [6.45, 7) is 0.425. The van der Waals surface area contributed by atoms with Crippen LogP contribution < -0.4 is 5.32 Å². The third-order valence-corrected chi connectivity index (χ3v) is 3.47. The summed E-state index contributed by atoms with van der Waals surface area (Å²) in [4.78, 5) is 12.0. The van der Waals surface area contributed by atoms with Gasteiger partial charge < -0.3 is 5.32 Å². The van der Waals surface area contributed by atoms with Gasteiger partial charge in [-0.25, -0.2) is 4.68 Å². The molecule has 0 bridgehead atoms. The van der Waals surface area contributed by atoms with Crippen LogP contribution in [-0.4, -0.2) is 15.7 Å². The number of rotatable bonds is 4. The molecular weight excluding hydrogens is 298 g/mol. The van der Waals surface area contributed by atoms with Gasteiger partial charge in [0.25, 0.3) is 5.91 Å². The van der Waals surface area contributed by atoms with Gasteiger partial charge in [-0.05, 0) is 36.4 Å². The van der Waals surface area contributed by atoms with E-state index in [0.29, 0.717) is 17.1 Å². The highest BCUT2D eigenvalue weighted by molar-refractivity contribution is 6.30. The molecule has 4 nitrogen and oxygen atoms in total. The standard InChI is InChI=1S/C17H14ClN3O/c18-15-8-6-14(7-9-15)17(22)19-10-13-11-20-21(12-13)16-4-2-1-3-5-16/h1-9,11-12H,10H2,(H,19,22). The molecule has 0 aliphatic rings. The molecule has 0 radical (unpaired) electrons. The van der Waals surface area contributed by atoms with Crippen LogP contribution in [0.3, 0.4) is 0 Å². The van der Waals surface area contributed by atoms with E-state index < -0.39 is 0 Å². The molecule has 0 fully saturated rings. The highest BCUT2D eigenvalue weighted by Gasteiger charge is 2.06. The molecule has 0 spiro atoms. The van der Waals surface area contributed by atoms with Crippen molar-refractivity contribution in [2.45, 2.75) is 6.54 Å². The van der Waals surface area contributed by atoms with E-state index in [9.17, 15) is 4.79 Å². The zero-order valence-electron chi connectivity index (χ0n) is 11.7. The maximum atomic E-state index is 12.0. The van der Waals surface area contributed by atoms with Crippen LogP contribution in [0.5, 0.6) is 0 Å². The van der Waals surface area contributed by atoms with Crippen LogP contribution >= 0.6 is 11.6 Å². The number of para-hydroxylation sites is 1. The normalized spacial score (nSPS) is 10.4. The minimum Gasteiger partial charge on any atom is -0.348 e. The third kappa shape index (κ3) is 3.35. The van der Waals surface area contributed by atoms with E-state index in [-0.39, 0.29) is 5.91 Å². The fourth-order valence-corrected chi connectivity index (χ4v) is 2.18. The largest absolute Gasteiger partial charge is 0.348 e. The van der Waals surface area contributed by atoms with Gasteiger partial charge in [-0.2, -0.15) is 5.10 Å². The van der Waals surface area contributed by atoms with Gasteiger partial charge in [0.2, 0.25) is 0 Å². The zero-order chi connectivity index (χ0) is 15.4. The van der Waals surface area contributed by atoms with Crippen LogP contribution in [-0.2, 0) is 6.54 Å². The molecule has 1 N–H and O–H groups in total. The van der Waals surface area contributed by atoms with Crippen LogP contribution in [0, 0.1) is 0 Å². The molecule has 2 aromatic carbocycles. The lowest BCUT2D eigenvalue weighted by Crippen LogP contribution is -2.22. The molecule has 22 heavy (non-hydrogen) atoms. The minimum atomic E-state index is -0.135. The van der Waals surface area contributed by atoms with Crippen molar-refractivity contribution in [1.29, 1.82) is 0 Å². The lowest BCUT2D eigenvalue weighted by atomic mass is 10.2. The predicted molar refractivity (Wildman–Crippen MR) is 86.2 cm³/mol. The van der Waals surface area contributed by atoms with E-state index in [1.165, 1.54) is 0 Å². The number of benzene rings is 2. The first-order chi connectivity index (χ1) is 10.7. The van der Waals surface area contributed by atoms with Crippen LogP contribution in [0.25, 0.3) is 5.69 Å². The fraction of sp³-hybridized carbons (Fsp3) is 0.0588. The van der Waals surface area contributed by atoms with E-state index in [4.69, 9.17) is 11.6 Å². The average molecular weight is 312 g/mol. The fourth-order valence-electron chi connectivity index (χ4n) is 2.06. The summed E-state index contributed by atoms with van der Waals surface area (Å²) in [5, 5.41) is 7.77. The molecular formula is C17H14ClN3O. The molecule has 1 amide bonds. The summed E-state index contributed by atoms with van der Waals surface area (Å²) >= 11 is 5.81. The van der Waals surface area contributed by atoms with Crippen molar-refractivity contribution in [2.75, 3.05) is 0 Å². The van der Waals surface area contributed by atoms with Gasteiger partial charge in [0, 0.05) is 28.9 Å². The lowest BCUT2D eigenvalue weighted by molar-refractivity contribution is 0.0951. The number of hydrogen-bond donors (Lipinski definition) is 1. The second-order valence-electron chi connectivity index (χ2n) is 4.82. The van der Waals surface area contributed by atoms with Gasteiger partial charge in [-0.1, -0.05) is 29.8 Å². The molecule has 0 atom stereocenters. The number of amides is 1. The first-order valence-electron chi connectivity index (χ1n) is 6.85. The molecule has 5 heteroatoms. The van der Waals surface area contributed by atoms with Crippen molar-refractivity contribution in [3.63, 3.8) is 0 Å². The van der Waals surface area contributed by atoms with Gasteiger partial charge in [-0.3, -0.25) is 4.79 Å². The Balaban J connectivity index is 1.64. The second-order valence-corrected chi connectivity index (χ2v) is 5.25. The smallest absolute Gasteiger partial charge is 0.251 e. The molecule has 0 saturated heterocycles. The molecule has 3 aromatic rings. The molecule has 0 saturated carbocycles.